The van der Waals surface area contributed by atoms with Crippen LogP contribution in [-0.2, 0) is 31.2 Å². The minimum absolute atomic E-state index is 0.0203. The van der Waals surface area contributed by atoms with Crippen LogP contribution in [0.15, 0.2) is 24.5 Å². The van der Waals surface area contributed by atoms with Gasteiger partial charge in [-0.05, 0) is 93.1 Å². The summed E-state index contributed by atoms with van der Waals surface area (Å²) in [5.41, 5.74) is 6.02. The molecule has 1 aliphatic carbocycles. The van der Waals surface area contributed by atoms with E-state index in [1.807, 2.05) is 11.0 Å². The van der Waals surface area contributed by atoms with Gasteiger partial charge < -0.3 is 20.0 Å². The highest BCUT2D eigenvalue weighted by molar-refractivity contribution is 5.78. The second-order valence-corrected chi connectivity index (χ2v) is 14.5. The van der Waals surface area contributed by atoms with Gasteiger partial charge in [-0.25, -0.2) is 8.78 Å². The molecule has 0 bridgehead atoms. The smallest absolute Gasteiger partial charge is 0.264 e. The maximum Gasteiger partial charge on any atom is 0.264 e. The molecule has 1 aromatic carbocycles. The van der Waals surface area contributed by atoms with Crippen molar-refractivity contribution in [2.45, 2.75) is 89.8 Å². The fraction of sp³-hybridized carbons (Fsp3) is 0.629. The van der Waals surface area contributed by atoms with Gasteiger partial charge in [-0.3, -0.25) is 14.2 Å². The van der Waals surface area contributed by atoms with Crippen molar-refractivity contribution in [3.8, 4) is 11.1 Å². The Kier molecular flexibility index (Phi) is 7.67. The molecule has 3 fully saturated rings. The van der Waals surface area contributed by atoms with Gasteiger partial charge in [0, 0.05) is 86.9 Å². The standard InChI is InChI=1S/C35H46F2N8O/c1-23(46)43-15-7-31-30(22-43)34(40-45(31)26-5-13-42(14-6-26)27-18-35(19-27)8-10-38-11-9-35)44-12-3-4-24-16-28(25-20-39-41(2)21-25)29(33(36)37)17-32(24)44/h16-17,20-21,26-27,33,38H,3-15,18-19,22H2,1-2H3. The molecule has 2 saturated heterocycles. The molecule has 9 nitrogen and oxygen atoms in total. The van der Waals surface area contributed by atoms with E-state index in [1.165, 1.54) is 44.5 Å². The highest BCUT2D eigenvalue weighted by atomic mass is 19.3. The van der Waals surface area contributed by atoms with Gasteiger partial charge in [0.25, 0.3) is 6.43 Å². The van der Waals surface area contributed by atoms with Gasteiger partial charge in [-0.1, -0.05) is 0 Å². The lowest BCUT2D eigenvalue weighted by molar-refractivity contribution is -0.129. The molecule has 1 saturated carbocycles. The van der Waals surface area contributed by atoms with Crippen molar-refractivity contribution in [3.05, 3.63) is 46.9 Å². The highest BCUT2D eigenvalue weighted by Crippen LogP contribution is 2.51. The van der Waals surface area contributed by atoms with Crippen LogP contribution in [0.5, 0.6) is 0 Å². The number of carbonyl (C=O) groups excluding carboxylic acids is 1. The van der Waals surface area contributed by atoms with Crippen molar-refractivity contribution in [1.29, 1.82) is 0 Å². The van der Waals surface area contributed by atoms with Gasteiger partial charge in [0.15, 0.2) is 5.82 Å². The van der Waals surface area contributed by atoms with E-state index in [2.05, 4.69) is 24.9 Å². The van der Waals surface area contributed by atoms with Crippen LogP contribution < -0.4 is 10.2 Å². The van der Waals surface area contributed by atoms with Crippen LogP contribution in [0.4, 0.5) is 20.3 Å². The van der Waals surface area contributed by atoms with E-state index in [0.717, 1.165) is 73.9 Å². The molecule has 46 heavy (non-hydrogen) atoms. The Hall–Kier alpha value is -3.31. The SMILES string of the molecule is CC(=O)N1CCc2c(c(N3CCCc4cc(-c5cnn(C)c5)c(C(F)F)cc43)nn2C2CCN(C3CC4(CCNCC4)C3)CC2)C1. The number of halogens is 2. The van der Waals surface area contributed by atoms with E-state index in [9.17, 15) is 13.6 Å². The number of benzene rings is 1. The maximum absolute atomic E-state index is 14.6. The molecule has 0 radical (unpaired) electrons. The molecular formula is C35H46F2N8O. The zero-order valence-electron chi connectivity index (χ0n) is 27.1. The molecule has 0 unspecified atom stereocenters. The lowest BCUT2D eigenvalue weighted by Crippen LogP contribution is -2.56. The number of hydrogen-bond acceptors (Lipinski definition) is 6. The van der Waals surface area contributed by atoms with Crippen molar-refractivity contribution < 1.29 is 13.6 Å². The first-order valence-corrected chi connectivity index (χ1v) is 17.3. The first kappa shape index (κ1) is 30.1. The number of fused-ring (bicyclic) bond motifs is 2. The van der Waals surface area contributed by atoms with Crippen LogP contribution in [0.25, 0.3) is 11.1 Å². The number of amides is 1. The number of aryl methyl sites for hydroxylation is 2. The van der Waals surface area contributed by atoms with Gasteiger partial charge in [0.2, 0.25) is 5.91 Å². The Morgan fingerprint density at radius 2 is 1.83 bits per heavy atom. The zero-order chi connectivity index (χ0) is 31.6. The zero-order valence-corrected chi connectivity index (χ0v) is 27.1. The van der Waals surface area contributed by atoms with Crippen LogP contribution in [0.2, 0.25) is 0 Å². The first-order valence-electron chi connectivity index (χ1n) is 17.3. The molecule has 11 heteroatoms. The maximum atomic E-state index is 14.6. The number of piperidine rings is 2. The normalized spacial score (nSPS) is 22.3. The Morgan fingerprint density at radius 1 is 1.04 bits per heavy atom. The molecule has 1 spiro atoms. The number of carbonyl (C=O) groups is 1. The summed E-state index contributed by atoms with van der Waals surface area (Å²) in [6, 6.07) is 4.65. The second-order valence-electron chi connectivity index (χ2n) is 14.5. The number of rotatable bonds is 5. The summed E-state index contributed by atoms with van der Waals surface area (Å²) in [4.78, 5) is 19.3. The summed E-state index contributed by atoms with van der Waals surface area (Å²) in [6.07, 6.45) is 10.8. The third-order valence-electron chi connectivity index (χ3n) is 11.7. The Morgan fingerprint density at radius 3 is 2.52 bits per heavy atom. The van der Waals surface area contributed by atoms with Gasteiger partial charge in [0.1, 0.15) is 0 Å². The molecule has 246 valence electrons. The molecule has 6 heterocycles. The third kappa shape index (κ3) is 5.23. The molecule has 1 N–H and O–H groups in total. The number of likely N-dealkylation sites (tertiary alicyclic amines) is 1. The van der Waals surface area contributed by atoms with Crippen molar-refractivity contribution >= 4 is 17.4 Å². The predicted octanol–water partition coefficient (Wildman–Crippen LogP) is 5.38. The molecule has 4 aliphatic heterocycles. The molecular weight excluding hydrogens is 586 g/mol. The van der Waals surface area contributed by atoms with E-state index in [-0.39, 0.29) is 11.5 Å². The number of anilines is 2. The molecule has 5 aliphatic rings. The van der Waals surface area contributed by atoms with Gasteiger partial charge in [-0.2, -0.15) is 10.2 Å². The van der Waals surface area contributed by atoms with Crippen molar-refractivity contribution in [3.63, 3.8) is 0 Å². The lowest BCUT2D eigenvalue weighted by Gasteiger charge is -2.55. The summed E-state index contributed by atoms with van der Waals surface area (Å²) in [5.74, 6) is 0.898. The monoisotopic (exact) mass is 632 g/mol. The molecule has 2 aromatic heterocycles. The van der Waals surface area contributed by atoms with Crippen LogP contribution in [-0.4, -0.2) is 80.6 Å². The summed E-state index contributed by atoms with van der Waals surface area (Å²) in [7, 11) is 1.80. The van der Waals surface area contributed by atoms with Crippen molar-refractivity contribution in [2.24, 2.45) is 12.5 Å². The fourth-order valence-corrected chi connectivity index (χ4v) is 9.13. The number of hydrogen-bond donors (Lipinski definition) is 1. The summed E-state index contributed by atoms with van der Waals surface area (Å²) in [5, 5.41) is 13.1. The summed E-state index contributed by atoms with van der Waals surface area (Å²) >= 11 is 0. The minimum atomic E-state index is -2.62. The number of nitrogens with zero attached hydrogens (tertiary/aromatic N) is 7. The van der Waals surface area contributed by atoms with Crippen LogP contribution >= 0.6 is 0 Å². The van der Waals surface area contributed by atoms with Crippen LogP contribution in [0.1, 0.15) is 86.7 Å². The third-order valence-corrected chi connectivity index (χ3v) is 11.7. The van der Waals surface area contributed by atoms with E-state index in [0.29, 0.717) is 42.2 Å². The molecule has 3 aromatic rings. The van der Waals surface area contributed by atoms with E-state index in [4.69, 9.17) is 5.10 Å². The van der Waals surface area contributed by atoms with Gasteiger partial charge >= 0.3 is 0 Å². The number of nitrogens with one attached hydrogen (secondary N) is 1. The van der Waals surface area contributed by atoms with Crippen molar-refractivity contribution in [1.82, 2.24) is 34.7 Å². The highest BCUT2D eigenvalue weighted by Gasteiger charge is 2.47. The Bertz CT molecular complexity index is 1610. The van der Waals surface area contributed by atoms with Crippen LogP contribution in [0.3, 0.4) is 0 Å². The average molecular weight is 633 g/mol. The Balaban J connectivity index is 1.09. The predicted molar refractivity (Wildman–Crippen MR) is 173 cm³/mol. The first-order chi connectivity index (χ1) is 22.3. The largest absolute Gasteiger partial charge is 0.338 e. The van der Waals surface area contributed by atoms with E-state index < -0.39 is 6.43 Å². The number of aromatic nitrogens is 4. The number of alkyl halides is 2. The van der Waals surface area contributed by atoms with Crippen LogP contribution in [0, 0.1) is 5.41 Å². The van der Waals surface area contributed by atoms with Gasteiger partial charge in [-0.15, -0.1) is 0 Å². The second kappa shape index (κ2) is 11.7. The fourth-order valence-electron chi connectivity index (χ4n) is 9.13. The lowest BCUT2D eigenvalue weighted by atomic mass is 9.60. The molecule has 1 amide bonds. The minimum Gasteiger partial charge on any atom is -0.338 e. The van der Waals surface area contributed by atoms with E-state index >= 15 is 0 Å². The summed E-state index contributed by atoms with van der Waals surface area (Å²) in [6.45, 7) is 8.06. The average Bonchev–Trinajstić information content (AvgIpc) is 3.66. The van der Waals surface area contributed by atoms with Gasteiger partial charge in [0.05, 0.1) is 18.8 Å². The summed E-state index contributed by atoms with van der Waals surface area (Å²) < 4.78 is 33.1. The van der Waals surface area contributed by atoms with Crippen molar-refractivity contribution in [2.75, 3.05) is 44.2 Å². The van der Waals surface area contributed by atoms with E-state index in [1.54, 1.807) is 37.1 Å². The quantitative estimate of drug-likeness (QED) is 0.408. The molecule has 8 rings (SSSR count). The Labute approximate surface area is 269 Å². The topological polar surface area (TPSA) is 74.5 Å². The molecule has 0 atom stereocenters.